The topological polar surface area (TPSA) is 133 Å². The summed E-state index contributed by atoms with van der Waals surface area (Å²) in [6.07, 6.45) is 0.818. The number of rotatable bonds is 5. The van der Waals surface area contributed by atoms with Gasteiger partial charge in [-0.1, -0.05) is 23.8 Å². The molecule has 0 atom stereocenters. The van der Waals surface area contributed by atoms with Gasteiger partial charge in [0, 0.05) is 11.1 Å². The van der Waals surface area contributed by atoms with Gasteiger partial charge in [-0.05, 0) is 64.1 Å². The molecular weight excluding hydrogens is 475 g/mol. The summed E-state index contributed by atoms with van der Waals surface area (Å²) in [6.45, 7) is 8.15. The van der Waals surface area contributed by atoms with Crippen LogP contribution in [0.25, 0.3) is 0 Å². The van der Waals surface area contributed by atoms with Crippen LogP contribution in [-0.4, -0.2) is 32.8 Å². The Balaban J connectivity index is 0.000000718. The fourth-order valence-electron chi connectivity index (χ4n) is 2.51. The van der Waals surface area contributed by atoms with Crippen LogP contribution in [0.2, 0.25) is 5.02 Å². The number of nitrogens with zero attached hydrogens (tertiary/aromatic N) is 1. The molecule has 0 saturated heterocycles. The van der Waals surface area contributed by atoms with E-state index < -0.39 is 35.1 Å². The number of aryl methyl sites for hydroxylation is 1. The van der Waals surface area contributed by atoms with Crippen LogP contribution in [0.5, 0.6) is 0 Å². The second kappa shape index (κ2) is 11.7. The lowest BCUT2D eigenvalue weighted by Crippen LogP contribution is -2.43. The number of carbonyl (C=O) groups excluding carboxylic acids is 2. The molecule has 0 unspecified atom stereocenters. The summed E-state index contributed by atoms with van der Waals surface area (Å²) in [5.74, 6) is -1.69. The van der Waals surface area contributed by atoms with Gasteiger partial charge in [0.1, 0.15) is 11.4 Å². The summed E-state index contributed by atoms with van der Waals surface area (Å²) < 4.78 is 37.9. The van der Waals surface area contributed by atoms with Crippen molar-refractivity contribution >= 4 is 29.1 Å². The molecule has 8 nitrogen and oxygen atoms in total. The Kier molecular flexibility index (Phi) is 9.89. The number of anilines is 1. The van der Waals surface area contributed by atoms with Crippen LogP contribution in [0.3, 0.4) is 0 Å². The van der Waals surface area contributed by atoms with Gasteiger partial charge in [0.2, 0.25) is 0 Å². The number of carbonyl (C=O) groups is 2. The lowest BCUT2D eigenvalue weighted by molar-refractivity contribution is -0.141. The highest BCUT2D eigenvalue weighted by Gasteiger charge is 2.34. The molecule has 12 heteroatoms. The number of nitrogens with one attached hydrogen (secondary N) is 3. The van der Waals surface area contributed by atoms with E-state index in [1.54, 1.807) is 18.2 Å². The minimum Gasteiger partial charge on any atom is -0.404 e. The molecule has 34 heavy (non-hydrogen) atoms. The number of alkyl halides is 3. The van der Waals surface area contributed by atoms with Crippen LogP contribution in [0.1, 0.15) is 59.8 Å². The van der Waals surface area contributed by atoms with Crippen LogP contribution in [0.15, 0.2) is 42.1 Å². The van der Waals surface area contributed by atoms with Crippen molar-refractivity contribution in [2.75, 3.05) is 5.32 Å². The number of benzene rings is 1. The highest BCUT2D eigenvalue weighted by Crippen LogP contribution is 2.29. The molecule has 6 N–H and O–H groups in total. The molecule has 1 aromatic heterocycles. The van der Waals surface area contributed by atoms with E-state index in [-0.39, 0.29) is 16.3 Å². The summed E-state index contributed by atoms with van der Waals surface area (Å²) in [4.78, 5) is 24.7. The second-order valence-corrected chi connectivity index (χ2v) is 8.12. The highest BCUT2D eigenvalue weighted by molar-refractivity contribution is 6.31. The molecule has 2 amide bonds. The zero-order valence-corrected chi connectivity index (χ0v) is 20.0. The predicted molar refractivity (Wildman–Crippen MR) is 124 cm³/mol. The number of aliphatic hydroxyl groups is 1. The zero-order chi connectivity index (χ0) is 26.3. The molecule has 0 radical (unpaired) electrons. The van der Waals surface area contributed by atoms with Crippen molar-refractivity contribution in [3.63, 3.8) is 0 Å². The molecule has 0 aliphatic rings. The molecule has 1 aromatic carbocycles. The Labute approximate surface area is 200 Å². The van der Waals surface area contributed by atoms with Gasteiger partial charge in [0.25, 0.3) is 11.8 Å². The van der Waals surface area contributed by atoms with Crippen molar-refractivity contribution in [3.8, 4) is 0 Å². The van der Waals surface area contributed by atoms with Gasteiger partial charge in [-0.3, -0.25) is 14.7 Å². The SMILES string of the molecule is C/C=C\C(C)=C/N.Cc1cc(Cl)cc(C(=O)NC(C)(C)O)c1NC(=O)c1cc(C(F)(F)F)[nH]n1. The first-order valence-electron chi connectivity index (χ1n) is 9.89. The normalized spacial score (nSPS) is 12.2. The number of aromatic nitrogens is 2. The van der Waals surface area contributed by atoms with Gasteiger partial charge >= 0.3 is 6.18 Å². The van der Waals surface area contributed by atoms with Crippen LogP contribution in [0, 0.1) is 6.92 Å². The van der Waals surface area contributed by atoms with Gasteiger partial charge in [-0.15, -0.1) is 0 Å². The minimum absolute atomic E-state index is 0.0303. The summed E-state index contributed by atoms with van der Waals surface area (Å²) in [5.41, 5.74) is 3.37. The Morgan fingerprint density at radius 1 is 1.21 bits per heavy atom. The number of aromatic amines is 1. The number of allylic oxidation sites excluding steroid dienone is 3. The Morgan fingerprint density at radius 3 is 2.26 bits per heavy atom. The van der Waals surface area contributed by atoms with E-state index in [1.807, 2.05) is 26.0 Å². The fourth-order valence-corrected chi connectivity index (χ4v) is 2.79. The molecule has 0 saturated carbocycles. The monoisotopic (exact) mass is 501 g/mol. The molecule has 0 spiro atoms. The van der Waals surface area contributed by atoms with E-state index in [9.17, 15) is 27.9 Å². The van der Waals surface area contributed by atoms with E-state index in [0.717, 1.165) is 5.57 Å². The quantitative estimate of drug-likeness (QED) is 0.303. The van der Waals surface area contributed by atoms with Gasteiger partial charge < -0.3 is 21.5 Å². The van der Waals surface area contributed by atoms with E-state index >= 15 is 0 Å². The van der Waals surface area contributed by atoms with Crippen LogP contribution < -0.4 is 16.4 Å². The second-order valence-electron chi connectivity index (χ2n) is 7.69. The van der Waals surface area contributed by atoms with Gasteiger partial charge in [-0.25, -0.2) is 0 Å². The van der Waals surface area contributed by atoms with Crippen molar-refractivity contribution in [1.82, 2.24) is 15.5 Å². The summed E-state index contributed by atoms with van der Waals surface area (Å²) in [7, 11) is 0. The smallest absolute Gasteiger partial charge is 0.404 e. The fraction of sp³-hybridized carbons (Fsp3) is 0.318. The first kappa shape index (κ1) is 28.7. The van der Waals surface area contributed by atoms with Crippen molar-refractivity contribution in [3.05, 3.63) is 69.7 Å². The lowest BCUT2D eigenvalue weighted by Gasteiger charge is -2.21. The maximum absolute atomic E-state index is 12.6. The van der Waals surface area contributed by atoms with Crippen LogP contribution in [-0.2, 0) is 6.18 Å². The third-order valence-corrected chi connectivity index (χ3v) is 4.23. The Bertz CT molecular complexity index is 1090. The van der Waals surface area contributed by atoms with Gasteiger partial charge in [0.15, 0.2) is 5.69 Å². The number of halogens is 4. The number of H-pyrrole nitrogens is 1. The van der Waals surface area contributed by atoms with Crippen molar-refractivity contribution in [2.45, 2.75) is 46.5 Å². The van der Waals surface area contributed by atoms with Crippen molar-refractivity contribution in [1.29, 1.82) is 0 Å². The van der Waals surface area contributed by atoms with Gasteiger partial charge in [-0.2, -0.15) is 18.3 Å². The molecule has 0 bridgehead atoms. The average Bonchev–Trinajstić information content (AvgIpc) is 3.20. The molecule has 0 aliphatic carbocycles. The van der Waals surface area contributed by atoms with Crippen molar-refractivity contribution in [2.24, 2.45) is 5.73 Å². The maximum atomic E-state index is 12.6. The molecule has 1 heterocycles. The number of amides is 2. The first-order chi connectivity index (χ1) is 15.6. The van der Waals surface area contributed by atoms with E-state index in [0.29, 0.717) is 11.6 Å². The predicted octanol–water partition coefficient (Wildman–Crippen LogP) is 4.53. The summed E-state index contributed by atoms with van der Waals surface area (Å²) in [6, 6.07) is 3.28. The third kappa shape index (κ3) is 8.91. The third-order valence-electron chi connectivity index (χ3n) is 4.01. The molecule has 0 aliphatic heterocycles. The Hall–Kier alpha value is -3.31. The summed E-state index contributed by atoms with van der Waals surface area (Å²) >= 11 is 5.95. The number of hydrogen-bond acceptors (Lipinski definition) is 5. The number of nitrogens with two attached hydrogens (primary N) is 1. The molecule has 2 aromatic rings. The Morgan fingerprint density at radius 2 is 1.82 bits per heavy atom. The van der Waals surface area contributed by atoms with Gasteiger partial charge in [0.05, 0.1) is 11.3 Å². The number of hydrogen-bond donors (Lipinski definition) is 5. The standard InChI is InChI=1S/C16H16ClF3N4O3.C6H11N/c1-7-4-8(17)5-9(13(25)22-15(2,3)27)12(7)21-14(26)10-6-11(24-23-10)16(18,19)20;1-3-4-6(2)5-7/h4-6,27H,1-3H3,(H,21,26)(H,22,25)(H,23,24);3-5H,7H2,1-2H3/b;4-3-,6-5-. The minimum atomic E-state index is -4.68. The van der Waals surface area contributed by atoms with Crippen molar-refractivity contribution < 1.29 is 27.9 Å². The maximum Gasteiger partial charge on any atom is 0.432 e. The zero-order valence-electron chi connectivity index (χ0n) is 19.3. The average molecular weight is 502 g/mol. The van der Waals surface area contributed by atoms with Crippen LogP contribution >= 0.6 is 11.6 Å². The lowest BCUT2D eigenvalue weighted by atomic mass is 10.1. The highest BCUT2D eigenvalue weighted by atomic mass is 35.5. The van der Waals surface area contributed by atoms with E-state index in [4.69, 9.17) is 17.3 Å². The largest absolute Gasteiger partial charge is 0.432 e. The van der Waals surface area contributed by atoms with E-state index in [2.05, 4.69) is 15.7 Å². The van der Waals surface area contributed by atoms with E-state index in [1.165, 1.54) is 26.0 Å². The molecule has 186 valence electrons. The molecular formula is C22H27ClF3N5O3. The summed E-state index contributed by atoms with van der Waals surface area (Å²) in [5, 5.41) is 19.7. The van der Waals surface area contributed by atoms with Crippen LogP contribution in [0.4, 0.5) is 18.9 Å². The first-order valence-corrected chi connectivity index (χ1v) is 10.3. The molecule has 0 fully saturated rings. The molecule has 2 rings (SSSR count).